The van der Waals surface area contributed by atoms with Crippen LogP contribution in [0.4, 0.5) is 0 Å². The minimum Gasteiger partial charge on any atom is -0.496 e. The molecule has 7 nitrogen and oxygen atoms in total. The number of hydrogen-bond acceptors (Lipinski definition) is 7. The van der Waals surface area contributed by atoms with Crippen molar-refractivity contribution in [1.29, 1.82) is 0 Å². The molecular formula is C29H33NO6. The molecule has 4 rings (SSSR count). The fourth-order valence-corrected chi connectivity index (χ4v) is 5.18. The van der Waals surface area contributed by atoms with Crippen molar-refractivity contribution in [3.8, 4) is 17.2 Å². The number of benzene rings is 2. The summed E-state index contributed by atoms with van der Waals surface area (Å²) in [4.78, 5) is 27.1. The number of Topliss-reactive ketones (excluding diaryl/α,β-unsaturated/α-hetero) is 1. The largest absolute Gasteiger partial charge is 0.496 e. The Morgan fingerprint density at radius 1 is 0.944 bits per heavy atom. The van der Waals surface area contributed by atoms with E-state index in [-0.39, 0.29) is 17.8 Å². The lowest BCUT2D eigenvalue weighted by Crippen LogP contribution is -2.36. The van der Waals surface area contributed by atoms with Crippen molar-refractivity contribution in [1.82, 2.24) is 5.32 Å². The highest BCUT2D eigenvalue weighted by Gasteiger charge is 2.42. The number of para-hydroxylation sites is 1. The molecule has 1 heterocycles. The van der Waals surface area contributed by atoms with Gasteiger partial charge in [-0.2, -0.15) is 0 Å². The lowest BCUT2D eigenvalue weighted by atomic mass is 9.71. The van der Waals surface area contributed by atoms with Crippen LogP contribution in [0.2, 0.25) is 0 Å². The van der Waals surface area contributed by atoms with Crippen LogP contribution in [0.3, 0.4) is 0 Å². The zero-order valence-electron chi connectivity index (χ0n) is 21.6. The van der Waals surface area contributed by atoms with Gasteiger partial charge in [0.2, 0.25) is 0 Å². The SMILES string of the molecule is COc1ccc([C@H]2C(C(=O)OC(C)C)=C(C)NC3=C2C(=O)C[C@H](c2ccccc2OC)C3)cc1OC. The van der Waals surface area contributed by atoms with E-state index in [1.54, 1.807) is 27.4 Å². The highest BCUT2D eigenvalue weighted by molar-refractivity contribution is 6.04. The van der Waals surface area contributed by atoms with E-state index < -0.39 is 11.9 Å². The highest BCUT2D eigenvalue weighted by atomic mass is 16.5. The molecule has 2 atom stereocenters. The molecule has 1 aliphatic heterocycles. The van der Waals surface area contributed by atoms with Crippen LogP contribution in [0.15, 0.2) is 65.0 Å². The standard InChI is InChI=1S/C29H33NO6/c1-16(2)36-29(32)26-17(3)30-21-13-19(20-9-7-8-10-23(20)33-4)14-22(31)28(21)27(26)18-11-12-24(34-5)25(15-18)35-6/h7-12,15-16,19,27,30H,13-14H2,1-6H3/t19-,27+/m1/s1. The molecule has 1 N–H and O–H groups in total. The van der Waals surface area contributed by atoms with E-state index >= 15 is 0 Å². The van der Waals surface area contributed by atoms with Crippen LogP contribution < -0.4 is 19.5 Å². The van der Waals surface area contributed by atoms with E-state index in [2.05, 4.69) is 5.32 Å². The van der Waals surface area contributed by atoms with Gasteiger partial charge in [0.15, 0.2) is 17.3 Å². The van der Waals surface area contributed by atoms with E-state index in [1.807, 2.05) is 57.2 Å². The van der Waals surface area contributed by atoms with Crippen LogP contribution in [0, 0.1) is 0 Å². The van der Waals surface area contributed by atoms with Crippen LogP contribution in [0.5, 0.6) is 17.2 Å². The van der Waals surface area contributed by atoms with Gasteiger partial charge in [-0.3, -0.25) is 4.79 Å². The van der Waals surface area contributed by atoms with Gasteiger partial charge in [0.05, 0.1) is 33.0 Å². The molecule has 0 radical (unpaired) electrons. The molecule has 0 unspecified atom stereocenters. The first kappa shape index (κ1) is 25.4. The summed E-state index contributed by atoms with van der Waals surface area (Å²) in [6.45, 7) is 5.47. The summed E-state index contributed by atoms with van der Waals surface area (Å²) in [5, 5.41) is 3.38. The zero-order chi connectivity index (χ0) is 26.0. The maximum Gasteiger partial charge on any atom is 0.337 e. The van der Waals surface area contributed by atoms with Gasteiger partial charge in [0.25, 0.3) is 0 Å². The van der Waals surface area contributed by atoms with Crippen molar-refractivity contribution >= 4 is 11.8 Å². The first-order valence-corrected chi connectivity index (χ1v) is 12.1. The van der Waals surface area contributed by atoms with Crippen LogP contribution in [0.1, 0.15) is 56.6 Å². The summed E-state index contributed by atoms with van der Waals surface area (Å²) in [6.07, 6.45) is 0.641. The second-order valence-corrected chi connectivity index (χ2v) is 9.33. The molecule has 0 saturated heterocycles. The first-order valence-electron chi connectivity index (χ1n) is 12.1. The van der Waals surface area contributed by atoms with Crippen LogP contribution in [-0.2, 0) is 14.3 Å². The normalized spacial score (nSPS) is 19.6. The number of ketones is 1. The number of methoxy groups -OCH3 is 3. The van der Waals surface area contributed by atoms with Gasteiger partial charge in [0.1, 0.15) is 5.75 Å². The van der Waals surface area contributed by atoms with Gasteiger partial charge >= 0.3 is 5.97 Å². The summed E-state index contributed by atoms with van der Waals surface area (Å²) in [5.41, 5.74) is 4.28. The molecule has 0 saturated carbocycles. The smallest absolute Gasteiger partial charge is 0.337 e. The number of allylic oxidation sites excluding steroid dienone is 3. The summed E-state index contributed by atoms with van der Waals surface area (Å²) >= 11 is 0. The molecule has 0 fully saturated rings. The van der Waals surface area contributed by atoms with Crippen molar-refractivity contribution in [2.24, 2.45) is 0 Å². The van der Waals surface area contributed by atoms with Crippen molar-refractivity contribution in [2.75, 3.05) is 21.3 Å². The average molecular weight is 492 g/mol. The number of dihydropyridines is 1. The number of esters is 1. The Hall–Kier alpha value is -3.74. The maximum absolute atomic E-state index is 13.8. The number of carbonyl (C=O) groups is 2. The summed E-state index contributed by atoms with van der Waals surface area (Å²) in [5.74, 6) is 0.784. The molecule has 0 spiro atoms. The van der Waals surface area contributed by atoms with E-state index in [1.165, 1.54) is 0 Å². The fraction of sp³-hybridized carbons (Fsp3) is 0.379. The van der Waals surface area contributed by atoms with Crippen molar-refractivity contribution in [3.05, 3.63) is 76.1 Å². The minimum atomic E-state index is -0.585. The topological polar surface area (TPSA) is 83.1 Å². The van der Waals surface area contributed by atoms with E-state index in [0.29, 0.717) is 41.2 Å². The monoisotopic (exact) mass is 491 g/mol. The van der Waals surface area contributed by atoms with Crippen molar-refractivity contribution in [2.45, 2.75) is 51.6 Å². The second-order valence-electron chi connectivity index (χ2n) is 9.33. The lowest BCUT2D eigenvalue weighted by Gasteiger charge is -2.37. The van der Waals surface area contributed by atoms with Crippen molar-refractivity contribution in [3.63, 3.8) is 0 Å². The quantitative estimate of drug-likeness (QED) is 0.544. The minimum absolute atomic E-state index is 0.0122. The molecule has 36 heavy (non-hydrogen) atoms. The molecule has 7 heteroatoms. The summed E-state index contributed by atoms with van der Waals surface area (Å²) < 4.78 is 22.1. The van der Waals surface area contributed by atoms with Gasteiger partial charge in [-0.1, -0.05) is 24.3 Å². The van der Waals surface area contributed by atoms with Gasteiger partial charge < -0.3 is 24.3 Å². The third-order valence-electron chi connectivity index (χ3n) is 6.71. The Morgan fingerprint density at radius 3 is 2.31 bits per heavy atom. The molecule has 0 amide bonds. The first-order chi connectivity index (χ1) is 17.3. The summed E-state index contributed by atoms with van der Waals surface area (Å²) in [6, 6.07) is 13.3. The van der Waals surface area contributed by atoms with Gasteiger partial charge in [-0.05, 0) is 56.5 Å². The number of carbonyl (C=O) groups excluding carboxylic acids is 2. The predicted octanol–water partition coefficient (Wildman–Crippen LogP) is 5.03. The zero-order valence-corrected chi connectivity index (χ0v) is 21.6. The number of nitrogens with one attached hydrogen (secondary N) is 1. The van der Waals surface area contributed by atoms with Crippen LogP contribution >= 0.6 is 0 Å². The Balaban J connectivity index is 1.84. The summed E-state index contributed by atoms with van der Waals surface area (Å²) in [7, 11) is 4.77. The van der Waals surface area contributed by atoms with E-state index in [0.717, 1.165) is 22.6 Å². The Kier molecular flexibility index (Phi) is 7.38. The molecule has 0 aromatic heterocycles. The lowest BCUT2D eigenvalue weighted by molar-refractivity contribution is -0.143. The number of hydrogen-bond donors (Lipinski definition) is 1. The molecule has 2 aromatic rings. The average Bonchev–Trinajstić information content (AvgIpc) is 2.86. The highest BCUT2D eigenvalue weighted by Crippen LogP contribution is 2.48. The molecule has 2 aromatic carbocycles. The van der Waals surface area contributed by atoms with Gasteiger partial charge in [-0.25, -0.2) is 4.79 Å². The molecule has 0 bridgehead atoms. The second kappa shape index (κ2) is 10.5. The van der Waals surface area contributed by atoms with Crippen LogP contribution in [-0.4, -0.2) is 39.2 Å². The predicted molar refractivity (Wildman–Crippen MR) is 136 cm³/mol. The fourth-order valence-electron chi connectivity index (χ4n) is 5.18. The Labute approximate surface area is 212 Å². The van der Waals surface area contributed by atoms with Crippen LogP contribution in [0.25, 0.3) is 0 Å². The third kappa shape index (κ3) is 4.70. The maximum atomic E-state index is 13.8. The Bertz CT molecular complexity index is 1240. The van der Waals surface area contributed by atoms with E-state index in [9.17, 15) is 9.59 Å². The molecular weight excluding hydrogens is 458 g/mol. The van der Waals surface area contributed by atoms with Gasteiger partial charge in [0, 0.05) is 35.2 Å². The molecule has 2 aliphatic rings. The van der Waals surface area contributed by atoms with E-state index in [4.69, 9.17) is 18.9 Å². The Morgan fingerprint density at radius 2 is 1.64 bits per heavy atom. The molecule has 1 aliphatic carbocycles. The van der Waals surface area contributed by atoms with Gasteiger partial charge in [-0.15, -0.1) is 0 Å². The number of rotatable bonds is 7. The number of ether oxygens (including phenoxy) is 4. The van der Waals surface area contributed by atoms with Crippen molar-refractivity contribution < 1.29 is 28.5 Å². The third-order valence-corrected chi connectivity index (χ3v) is 6.71. The molecule has 190 valence electrons.